The molecule has 4 nitrogen and oxygen atoms in total. The smallest absolute Gasteiger partial charge is 0.269 e. The van der Waals surface area contributed by atoms with Crippen LogP contribution in [0.1, 0.15) is 5.56 Å². The van der Waals surface area contributed by atoms with Crippen molar-refractivity contribution in [3.8, 4) is 0 Å². The second kappa shape index (κ2) is 5.79. The third-order valence-electron chi connectivity index (χ3n) is 2.53. The lowest BCUT2D eigenvalue weighted by Crippen LogP contribution is -2.02. The molecule has 1 N–H and O–H groups in total. The lowest BCUT2D eigenvalue weighted by Gasteiger charge is -2.08. The Morgan fingerprint density at radius 3 is 2.79 bits per heavy atom. The summed E-state index contributed by atoms with van der Waals surface area (Å²) in [5.41, 5.74) is 1.09. The average Bonchev–Trinajstić information content (AvgIpc) is 2.40. The fraction of sp³-hybridized carbons (Fsp3) is 0.0769. The molecule has 0 aromatic heterocycles. The van der Waals surface area contributed by atoms with Gasteiger partial charge in [-0.1, -0.05) is 28.1 Å². The SMILES string of the molecule is O=[N+]([O-])c1cccc(CNc2cc(Br)ccc2F)c1. The van der Waals surface area contributed by atoms with Gasteiger partial charge in [0.2, 0.25) is 0 Å². The zero-order valence-corrected chi connectivity index (χ0v) is 11.4. The summed E-state index contributed by atoms with van der Waals surface area (Å²) in [6.45, 7) is 0.315. The van der Waals surface area contributed by atoms with E-state index in [9.17, 15) is 14.5 Å². The highest BCUT2D eigenvalue weighted by molar-refractivity contribution is 9.10. The van der Waals surface area contributed by atoms with E-state index in [1.54, 1.807) is 24.3 Å². The minimum Gasteiger partial charge on any atom is -0.379 e. The monoisotopic (exact) mass is 324 g/mol. The molecule has 0 saturated heterocycles. The van der Waals surface area contributed by atoms with Gasteiger partial charge in [-0.05, 0) is 23.8 Å². The zero-order valence-electron chi connectivity index (χ0n) is 9.77. The number of anilines is 1. The second-order valence-corrected chi connectivity index (χ2v) is 4.82. The van der Waals surface area contributed by atoms with Crippen molar-refractivity contribution < 1.29 is 9.31 Å². The molecule has 0 aliphatic heterocycles. The summed E-state index contributed by atoms with van der Waals surface area (Å²) in [7, 11) is 0. The molecule has 0 bridgehead atoms. The Kier molecular flexibility index (Phi) is 4.11. The summed E-state index contributed by atoms with van der Waals surface area (Å²) in [5.74, 6) is -0.367. The van der Waals surface area contributed by atoms with E-state index in [4.69, 9.17) is 0 Å². The van der Waals surface area contributed by atoms with E-state index < -0.39 is 4.92 Å². The third-order valence-corrected chi connectivity index (χ3v) is 3.03. The van der Waals surface area contributed by atoms with Gasteiger partial charge in [-0.2, -0.15) is 0 Å². The third kappa shape index (κ3) is 3.51. The van der Waals surface area contributed by atoms with Crippen LogP contribution in [-0.2, 0) is 6.54 Å². The first kappa shape index (κ1) is 13.5. The zero-order chi connectivity index (χ0) is 13.8. The molecular weight excluding hydrogens is 315 g/mol. The lowest BCUT2D eigenvalue weighted by atomic mass is 10.2. The maximum Gasteiger partial charge on any atom is 0.269 e. The van der Waals surface area contributed by atoms with Crippen molar-refractivity contribution in [2.75, 3.05) is 5.32 Å². The van der Waals surface area contributed by atoms with Crippen LogP contribution < -0.4 is 5.32 Å². The molecule has 19 heavy (non-hydrogen) atoms. The van der Waals surface area contributed by atoms with Crippen LogP contribution in [-0.4, -0.2) is 4.92 Å². The van der Waals surface area contributed by atoms with Gasteiger partial charge in [-0.25, -0.2) is 4.39 Å². The normalized spacial score (nSPS) is 10.2. The highest BCUT2D eigenvalue weighted by Crippen LogP contribution is 2.21. The van der Waals surface area contributed by atoms with E-state index in [0.29, 0.717) is 17.8 Å². The van der Waals surface area contributed by atoms with E-state index in [1.807, 2.05) is 0 Å². The molecule has 2 aromatic rings. The number of hydrogen-bond donors (Lipinski definition) is 1. The van der Waals surface area contributed by atoms with Gasteiger partial charge in [0.15, 0.2) is 0 Å². The first-order chi connectivity index (χ1) is 9.06. The lowest BCUT2D eigenvalue weighted by molar-refractivity contribution is -0.384. The Hall–Kier alpha value is -1.95. The molecule has 0 fully saturated rings. The van der Waals surface area contributed by atoms with Gasteiger partial charge in [0.25, 0.3) is 5.69 Å². The summed E-state index contributed by atoms with van der Waals surface area (Å²) in [6.07, 6.45) is 0. The van der Waals surface area contributed by atoms with Gasteiger partial charge < -0.3 is 5.32 Å². The number of hydrogen-bond acceptors (Lipinski definition) is 3. The van der Waals surface area contributed by atoms with Crippen LogP contribution >= 0.6 is 15.9 Å². The van der Waals surface area contributed by atoms with Gasteiger partial charge in [-0.15, -0.1) is 0 Å². The Morgan fingerprint density at radius 1 is 1.26 bits per heavy atom. The Labute approximate surface area is 117 Å². The molecule has 2 aromatic carbocycles. The van der Waals surface area contributed by atoms with E-state index in [1.165, 1.54) is 18.2 Å². The molecule has 0 unspecified atom stereocenters. The quantitative estimate of drug-likeness (QED) is 0.680. The molecule has 0 heterocycles. The van der Waals surface area contributed by atoms with Crippen LogP contribution in [0.3, 0.4) is 0 Å². The molecule has 0 saturated carbocycles. The molecule has 2 rings (SSSR count). The average molecular weight is 325 g/mol. The first-order valence-corrected chi connectivity index (χ1v) is 6.28. The molecular formula is C13H10BrFN2O2. The van der Waals surface area contributed by atoms with Crippen LogP contribution in [0.4, 0.5) is 15.8 Å². The van der Waals surface area contributed by atoms with E-state index in [0.717, 1.165) is 4.47 Å². The number of non-ortho nitro benzene ring substituents is 1. The number of nitro groups is 1. The molecule has 0 amide bonds. The van der Waals surface area contributed by atoms with Crippen molar-refractivity contribution in [2.45, 2.75) is 6.54 Å². The standard InChI is InChI=1S/C13H10BrFN2O2/c14-10-4-5-12(15)13(7-10)16-8-9-2-1-3-11(6-9)17(18)19/h1-7,16H,8H2. The predicted octanol–water partition coefficient (Wildman–Crippen LogP) is 4.11. The largest absolute Gasteiger partial charge is 0.379 e. The summed E-state index contributed by atoms with van der Waals surface area (Å²) in [6, 6.07) is 10.8. The highest BCUT2D eigenvalue weighted by Gasteiger charge is 2.06. The molecule has 0 aliphatic carbocycles. The summed E-state index contributed by atoms with van der Waals surface area (Å²) >= 11 is 3.26. The van der Waals surface area contributed by atoms with Crippen LogP contribution in [0.2, 0.25) is 0 Å². The Morgan fingerprint density at radius 2 is 2.05 bits per heavy atom. The fourth-order valence-corrected chi connectivity index (χ4v) is 1.97. The van der Waals surface area contributed by atoms with Crippen molar-refractivity contribution in [3.05, 3.63) is 68.4 Å². The predicted molar refractivity (Wildman–Crippen MR) is 74.5 cm³/mol. The summed E-state index contributed by atoms with van der Waals surface area (Å²) in [5, 5.41) is 13.6. The number of nitro benzene ring substituents is 1. The molecule has 0 spiro atoms. The van der Waals surface area contributed by atoms with Gasteiger partial charge >= 0.3 is 0 Å². The van der Waals surface area contributed by atoms with Gasteiger partial charge in [-0.3, -0.25) is 10.1 Å². The number of rotatable bonds is 4. The van der Waals surface area contributed by atoms with Crippen molar-refractivity contribution in [2.24, 2.45) is 0 Å². The number of nitrogens with one attached hydrogen (secondary N) is 1. The van der Waals surface area contributed by atoms with Gasteiger partial charge in [0.05, 0.1) is 10.6 Å². The molecule has 0 atom stereocenters. The van der Waals surface area contributed by atoms with Crippen molar-refractivity contribution in [3.63, 3.8) is 0 Å². The minimum atomic E-state index is -0.455. The number of benzene rings is 2. The molecule has 0 aliphatic rings. The molecule has 98 valence electrons. The van der Waals surface area contributed by atoms with Gasteiger partial charge in [0, 0.05) is 23.2 Å². The van der Waals surface area contributed by atoms with Crippen molar-refractivity contribution in [1.29, 1.82) is 0 Å². The Balaban J connectivity index is 2.12. The van der Waals surface area contributed by atoms with Crippen molar-refractivity contribution >= 4 is 27.3 Å². The van der Waals surface area contributed by atoms with E-state index in [2.05, 4.69) is 21.2 Å². The van der Waals surface area contributed by atoms with Gasteiger partial charge in [0.1, 0.15) is 5.82 Å². The number of halogens is 2. The Bertz CT molecular complexity index is 619. The van der Waals surface area contributed by atoms with Crippen LogP contribution in [0, 0.1) is 15.9 Å². The summed E-state index contributed by atoms with van der Waals surface area (Å²) in [4.78, 5) is 10.2. The molecule has 6 heteroatoms. The highest BCUT2D eigenvalue weighted by atomic mass is 79.9. The first-order valence-electron chi connectivity index (χ1n) is 5.48. The topological polar surface area (TPSA) is 55.2 Å². The minimum absolute atomic E-state index is 0.0222. The summed E-state index contributed by atoms with van der Waals surface area (Å²) < 4.78 is 14.2. The number of nitrogens with zero attached hydrogens (tertiary/aromatic N) is 1. The van der Waals surface area contributed by atoms with E-state index >= 15 is 0 Å². The molecule has 0 radical (unpaired) electrons. The van der Waals surface area contributed by atoms with Crippen LogP contribution in [0.5, 0.6) is 0 Å². The van der Waals surface area contributed by atoms with Crippen molar-refractivity contribution in [1.82, 2.24) is 0 Å². The maximum absolute atomic E-state index is 13.5. The van der Waals surface area contributed by atoms with Crippen LogP contribution in [0.15, 0.2) is 46.9 Å². The van der Waals surface area contributed by atoms with E-state index in [-0.39, 0.29) is 11.5 Å². The second-order valence-electron chi connectivity index (χ2n) is 3.90. The fourth-order valence-electron chi connectivity index (χ4n) is 1.61. The van der Waals surface area contributed by atoms with Crippen LogP contribution in [0.25, 0.3) is 0 Å². The maximum atomic E-state index is 13.5.